The molecule has 0 rings (SSSR count). The summed E-state index contributed by atoms with van der Waals surface area (Å²) < 4.78 is 5.31. The van der Waals surface area contributed by atoms with Gasteiger partial charge in [-0.15, -0.1) is 0 Å². The fraction of sp³-hybridized carbons (Fsp3) is 0.467. The van der Waals surface area contributed by atoms with Crippen LogP contribution in [0.4, 0.5) is 0 Å². The third-order valence-electron chi connectivity index (χ3n) is 2.45. The normalized spacial score (nSPS) is 9.50. The van der Waals surface area contributed by atoms with Crippen LogP contribution in [0, 0.1) is 0 Å². The smallest absolute Gasteiger partial charge is 0.111 e. The minimum Gasteiger partial charge on any atom is -0.494 e. The van der Waals surface area contributed by atoms with Gasteiger partial charge in [-0.25, -0.2) is 0 Å². The average Bonchev–Trinajstić information content (AvgIpc) is 2.31. The van der Waals surface area contributed by atoms with Crippen molar-refractivity contribution in [3.05, 3.63) is 49.8 Å². The summed E-state index contributed by atoms with van der Waals surface area (Å²) in [6, 6.07) is 0. The van der Waals surface area contributed by atoms with Gasteiger partial charge in [-0.2, -0.15) is 0 Å². The highest BCUT2D eigenvalue weighted by Gasteiger charge is 1.93. The van der Waals surface area contributed by atoms with Gasteiger partial charge < -0.3 is 4.74 Å². The van der Waals surface area contributed by atoms with Gasteiger partial charge >= 0.3 is 0 Å². The summed E-state index contributed by atoms with van der Waals surface area (Å²) in [7, 11) is 0. The third-order valence-corrected chi connectivity index (χ3v) is 2.45. The first-order valence-corrected chi connectivity index (χ1v) is 5.95. The largest absolute Gasteiger partial charge is 0.494 e. The SMILES string of the molecule is C=CC(=C)CCCCCCCOC(=C)C=C. The third kappa shape index (κ3) is 9.32. The van der Waals surface area contributed by atoms with Crippen LogP contribution in [-0.2, 0) is 4.74 Å². The van der Waals surface area contributed by atoms with Gasteiger partial charge in [0.1, 0.15) is 5.76 Å². The van der Waals surface area contributed by atoms with Gasteiger partial charge in [0.25, 0.3) is 0 Å². The quantitative estimate of drug-likeness (QED) is 0.276. The zero-order valence-electron chi connectivity index (χ0n) is 10.3. The van der Waals surface area contributed by atoms with E-state index in [4.69, 9.17) is 4.74 Å². The number of allylic oxidation sites excluding steroid dienone is 3. The van der Waals surface area contributed by atoms with E-state index in [2.05, 4.69) is 26.3 Å². The Hall–Kier alpha value is -1.24. The second-order valence-electron chi connectivity index (χ2n) is 3.90. The monoisotopic (exact) mass is 220 g/mol. The van der Waals surface area contributed by atoms with Crippen LogP contribution >= 0.6 is 0 Å². The molecule has 0 radical (unpaired) electrons. The molecule has 1 nitrogen and oxygen atoms in total. The van der Waals surface area contributed by atoms with E-state index in [9.17, 15) is 0 Å². The first kappa shape index (κ1) is 14.8. The Bertz CT molecular complexity index is 212. The molecule has 0 aromatic heterocycles. The highest BCUT2D eigenvalue weighted by Crippen LogP contribution is 2.10. The van der Waals surface area contributed by atoms with Crippen LogP contribution < -0.4 is 0 Å². The van der Waals surface area contributed by atoms with Crippen molar-refractivity contribution in [2.75, 3.05) is 6.61 Å². The standard InChI is InChI=1S/C15H24O/c1-5-14(3)12-10-8-7-9-11-13-16-15(4)6-2/h5-6H,1-4,7-13H2. The lowest BCUT2D eigenvalue weighted by Crippen LogP contribution is -1.92. The van der Waals surface area contributed by atoms with Gasteiger partial charge in [-0.1, -0.05) is 57.2 Å². The van der Waals surface area contributed by atoms with Gasteiger partial charge in [-0.05, 0) is 25.3 Å². The molecule has 0 bridgehead atoms. The summed E-state index contributed by atoms with van der Waals surface area (Å²) in [6.07, 6.45) is 10.6. The fourth-order valence-electron chi connectivity index (χ4n) is 1.35. The fourth-order valence-corrected chi connectivity index (χ4v) is 1.35. The Balaban J connectivity index is 3.15. The summed E-state index contributed by atoms with van der Waals surface area (Å²) >= 11 is 0. The number of hydrogen-bond acceptors (Lipinski definition) is 1. The molecule has 0 spiro atoms. The lowest BCUT2D eigenvalue weighted by molar-refractivity contribution is 0.218. The second-order valence-corrected chi connectivity index (χ2v) is 3.90. The Morgan fingerprint density at radius 1 is 0.875 bits per heavy atom. The molecule has 0 aromatic rings. The molecule has 0 aliphatic rings. The molecule has 90 valence electrons. The highest BCUT2D eigenvalue weighted by atomic mass is 16.5. The maximum atomic E-state index is 5.31. The van der Waals surface area contributed by atoms with Crippen molar-refractivity contribution in [3.63, 3.8) is 0 Å². The molecule has 0 heterocycles. The van der Waals surface area contributed by atoms with E-state index in [1.54, 1.807) is 6.08 Å². The lowest BCUT2D eigenvalue weighted by atomic mass is 10.1. The van der Waals surface area contributed by atoms with Gasteiger partial charge in [0, 0.05) is 0 Å². The number of ether oxygens (including phenoxy) is 1. The van der Waals surface area contributed by atoms with E-state index in [-0.39, 0.29) is 0 Å². The zero-order chi connectivity index (χ0) is 12.2. The minimum atomic E-state index is 0.669. The molecule has 0 fully saturated rings. The molecular weight excluding hydrogens is 196 g/mol. The molecule has 0 aromatic carbocycles. The van der Waals surface area contributed by atoms with Crippen molar-refractivity contribution in [3.8, 4) is 0 Å². The summed E-state index contributed by atoms with van der Waals surface area (Å²) in [5, 5.41) is 0. The topological polar surface area (TPSA) is 9.23 Å². The molecule has 16 heavy (non-hydrogen) atoms. The van der Waals surface area contributed by atoms with Crippen molar-refractivity contribution < 1.29 is 4.74 Å². The number of unbranched alkanes of at least 4 members (excludes halogenated alkanes) is 4. The Morgan fingerprint density at radius 2 is 1.50 bits per heavy atom. The van der Waals surface area contributed by atoms with E-state index in [0.29, 0.717) is 5.76 Å². The molecule has 0 aliphatic carbocycles. The van der Waals surface area contributed by atoms with Gasteiger partial charge in [0.05, 0.1) is 6.61 Å². The van der Waals surface area contributed by atoms with E-state index in [0.717, 1.165) is 25.0 Å². The summed E-state index contributed by atoms with van der Waals surface area (Å²) in [4.78, 5) is 0. The van der Waals surface area contributed by atoms with Crippen LogP contribution in [0.3, 0.4) is 0 Å². The highest BCUT2D eigenvalue weighted by molar-refractivity contribution is 5.10. The van der Waals surface area contributed by atoms with Crippen LogP contribution in [0.1, 0.15) is 38.5 Å². The molecule has 0 saturated heterocycles. The van der Waals surface area contributed by atoms with Crippen molar-refractivity contribution in [1.29, 1.82) is 0 Å². The second kappa shape index (κ2) is 10.3. The maximum absolute atomic E-state index is 5.31. The number of hydrogen-bond donors (Lipinski definition) is 0. The van der Waals surface area contributed by atoms with Crippen molar-refractivity contribution in [1.82, 2.24) is 0 Å². The lowest BCUT2D eigenvalue weighted by Gasteiger charge is -2.05. The predicted molar refractivity (Wildman–Crippen MR) is 72.3 cm³/mol. The average molecular weight is 220 g/mol. The van der Waals surface area contributed by atoms with Gasteiger partial charge in [-0.3, -0.25) is 0 Å². The van der Waals surface area contributed by atoms with Crippen molar-refractivity contribution in [2.45, 2.75) is 38.5 Å². The van der Waals surface area contributed by atoms with E-state index in [1.807, 2.05) is 6.08 Å². The molecule has 1 heteroatoms. The summed E-state index contributed by atoms with van der Waals surface area (Å²) in [6.45, 7) is 15.6. The van der Waals surface area contributed by atoms with E-state index < -0.39 is 0 Å². The van der Waals surface area contributed by atoms with Crippen LogP contribution in [0.2, 0.25) is 0 Å². The Labute approximate surface area is 100 Å². The summed E-state index contributed by atoms with van der Waals surface area (Å²) in [5.74, 6) is 0.669. The maximum Gasteiger partial charge on any atom is 0.111 e. The van der Waals surface area contributed by atoms with Crippen LogP contribution in [0.25, 0.3) is 0 Å². The van der Waals surface area contributed by atoms with Crippen LogP contribution in [0.15, 0.2) is 49.8 Å². The zero-order valence-corrected chi connectivity index (χ0v) is 10.3. The summed E-state index contributed by atoms with van der Waals surface area (Å²) in [5.41, 5.74) is 1.14. The minimum absolute atomic E-state index is 0.669. The first-order chi connectivity index (χ1) is 7.70. The van der Waals surface area contributed by atoms with Crippen molar-refractivity contribution in [2.24, 2.45) is 0 Å². The molecule has 0 saturated carbocycles. The van der Waals surface area contributed by atoms with Crippen LogP contribution in [-0.4, -0.2) is 6.61 Å². The molecule has 0 atom stereocenters. The molecular formula is C15H24O. The van der Waals surface area contributed by atoms with Crippen LogP contribution in [0.5, 0.6) is 0 Å². The Kier molecular flexibility index (Phi) is 9.49. The van der Waals surface area contributed by atoms with E-state index >= 15 is 0 Å². The molecule has 0 unspecified atom stereocenters. The number of rotatable bonds is 11. The Morgan fingerprint density at radius 3 is 2.12 bits per heavy atom. The van der Waals surface area contributed by atoms with Gasteiger partial charge in [0.15, 0.2) is 0 Å². The predicted octanol–water partition coefficient (Wildman–Crippen LogP) is 4.79. The molecule has 0 aliphatic heterocycles. The van der Waals surface area contributed by atoms with E-state index in [1.165, 1.54) is 25.7 Å². The molecule has 0 amide bonds. The van der Waals surface area contributed by atoms with Crippen molar-refractivity contribution >= 4 is 0 Å². The van der Waals surface area contributed by atoms with Gasteiger partial charge in [0.2, 0.25) is 0 Å². The first-order valence-electron chi connectivity index (χ1n) is 5.95. The molecule has 0 N–H and O–H groups in total.